The van der Waals surface area contributed by atoms with E-state index in [1.54, 1.807) is 11.8 Å². The van der Waals surface area contributed by atoms with E-state index >= 15 is 0 Å². The molecule has 148 valence electrons. The first-order valence-corrected chi connectivity index (χ1v) is 11.0. The van der Waals surface area contributed by atoms with Crippen molar-refractivity contribution in [3.63, 3.8) is 0 Å². The summed E-state index contributed by atoms with van der Waals surface area (Å²) in [6.07, 6.45) is 10.2. The molecule has 0 fully saturated rings. The van der Waals surface area contributed by atoms with Crippen molar-refractivity contribution in [1.82, 2.24) is 5.32 Å². The summed E-state index contributed by atoms with van der Waals surface area (Å²) >= 11 is 1.63. The molecule has 0 heterocycles. The van der Waals surface area contributed by atoms with Gasteiger partial charge in [0.05, 0.1) is 13.2 Å². The van der Waals surface area contributed by atoms with Gasteiger partial charge in [-0.1, -0.05) is 59.3 Å². The van der Waals surface area contributed by atoms with Crippen LogP contribution in [0.2, 0.25) is 0 Å². The van der Waals surface area contributed by atoms with E-state index in [2.05, 4.69) is 12.2 Å². The maximum absolute atomic E-state index is 12.2. The predicted octanol–water partition coefficient (Wildman–Crippen LogP) is 4.78. The van der Waals surface area contributed by atoms with Crippen molar-refractivity contribution in [2.24, 2.45) is 5.92 Å². The van der Waals surface area contributed by atoms with E-state index in [1.807, 2.05) is 20.1 Å². The number of thioether (sulfide) groups is 1. The van der Waals surface area contributed by atoms with Gasteiger partial charge >= 0.3 is 12.1 Å². The van der Waals surface area contributed by atoms with Crippen LogP contribution in [0.3, 0.4) is 0 Å². The van der Waals surface area contributed by atoms with Gasteiger partial charge in [0, 0.05) is 0 Å². The molecule has 1 N–H and O–H groups in total. The molecule has 0 radical (unpaired) electrons. The van der Waals surface area contributed by atoms with E-state index in [9.17, 15) is 9.59 Å². The summed E-state index contributed by atoms with van der Waals surface area (Å²) in [5, 5.41) is 2.63. The molecule has 0 aromatic rings. The molecule has 0 aromatic carbocycles. The summed E-state index contributed by atoms with van der Waals surface area (Å²) in [6, 6.07) is -0.628. The lowest BCUT2D eigenvalue weighted by Gasteiger charge is -2.17. The molecule has 1 amide bonds. The van der Waals surface area contributed by atoms with Crippen molar-refractivity contribution < 1.29 is 19.1 Å². The van der Waals surface area contributed by atoms with Crippen molar-refractivity contribution in [3.05, 3.63) is 0 Å². The van der Waals surface area contributed by atoms with Crippen LogP contribution in [0.4, 0.5) is 4.79 Å². The lowest BCUT2D eigenvalue weighted by molar-refractivity contribution is -0.146. The smallest absolute Gasteiger partial charge is 0.407 e. The van der Waals surface area contributed by atoms with Crippen molar-refractivity contribution in [1.29, 1.82) is 0 Å². The summed E-state index contributed by atoms with van der Waals surface area (Å²) in [6.45, 7) is 6.91. The van der Waals surface area contributed by atoms with Gasteiger partial charge in [-0.2, -0.15) is 11.8 Å². The third-order valence-electron chi connectivity index (χ3n) is 3.73. The van der Waals surface area contributed by atoms with E-state index in [0.29, 0.717) is 19.6 Å². The zero-order valence-corrected chi connectivity index (χ0v) is 17.3. The van der Waals surface area contributed by atoms with Crippen LogP contribution in [0.1, 0.15) is 72.1 Å². The standard InChI is InChI=1S/C19H37NO4S/c1-5-6-7-8-9-10-11-13-23-18(21)17(12-14-25-4)20-19(22)24-15-16(2)3/h16-17H,5-15H2,1-4H3,(H,20,22). The topological polar surface area (TPSA) is 64.6 Å². The molecular weight excluding hydrogens is 338 g/mol. The number of unbranched alkanes of at least 4 members (excludes halogenated alkanes) is 6. The van der Waals surface area contributed by atoms with Crippen molar-refractivity contribution in [2.75, 3.05) is 25.2 Å². The van der Waals surface area contributed by atoms with Crippen molar-refractivity contribution in [2.45, 2.75) is 78.2 Å². The Morgan fingerprint density at radius 3 is 2.24 bits per heavy atom. The Morgan fingerprint density at radius 2 is 1.64 bits per heavy atom. The number of carbonyl (C=O) groups excluding carboxylic acids is 2. The van der Waals surface area contributed by atoms with E-state index in [-0.39, 0.29) is 11.9 Å². The lowest BCUT2D eigenvalue weighted by atomic mass is 10.1. The zero-order chi connectivity index (χ0) is 18.9. The van der Waals surface area contributed by atoms with Crippen LogP contribution in [0.25, 0.3) is 0 Å². The second-order valence-corrected chi connectivity index (χ2v) is 7.75. The van der Waals surface area contributed by atoms with Gasteiger partial charge in [0.25, 0.3) is 0 Å². The highest BCUT2D eigenvalue weighted by atomic mass is 32.2. The Balaban J connectivity index is 4.03. The Bertz CT molecular complexity index is 350. The van der Waals surface area contributed by atoms with Gasteiger partial charge in [0.2, 0.25) is 0 Å². The van der Waals surface area contributed by atoms with Gasteiger partial charge in [-0.05, 0) is 30.8 Å². The Kier molecular flexibility index (Phi) is 16.0. The lowest BCUT2D eigenvalue weighted by Crippen LogP contribution is -2.43. The van der Waals surface area contributed by atoms with Gasteiger partial charge in [0.15, 0.2) is 0 Å². The van der Waals surface area contributed by atoms with E-state index in [0.717, 1.165) is 18.6 Å². The average molecular weight is 376 g/mol. The fourth-order valence-electron chi connectivity index (χ4n) is 2.24. The Hall–Kier alpha value is -0.910. The van der Waals surface area contributed by atoms with Crippen LogP contribution >= 0.6 is 11.8 Å². The van der Waals surface area contributed by atoms with Gasteiger partial charge < -0.3 is 14.8 Å². The molecule has 0 spiro atoms. The number of hydrogen-bond acceptors (Lipinski definition) is 5. The quantitative estimate of drug-likeness (QED) is 0.329. The number of nitrogens with one attached hydrogen (secondary N) is 1. The Labute approximate surface area is 158 Å². The van der Waals surface area contributed by atoms with Crippen LogP contribution in [-0.2, 0) is 14.3 Å². The predicted molar refractivity (Wildman–Crippen MR) is 105 cm³/mol. The molecule has 0 rings (SSSR count). The van der Waals surface area contributed by atoms with Crippen LogP contribution in [0.5, 0.6) is 0 Å². The van der Waals surface area contributed by atoms with E-state index in [4.69, 9.17) is 9.47 Å². The minimum absolute atomic E-state index is 0.264. The normalized spacial score (nSPS) is 12.0. The fraction of sp³-hybridized carbons (Fsp3) is 0.895. The molecule has 0 aliphatic rings. The number of carbonyl (C=O) groups is 2. The van der Waals surface area contributed by atoms with Gasteiger partial charge in [-0.25, -0.2) is 9.59 Å². The number of alkyl carbamates (subject to hydrolysis) is 1. The monoisotopic (exact) mass is 375 g/mol. The second kappa shape index (κ2) is 16.6. The molecule has 0 aromatic heterocycles. The number of amides is 1. The van der Waals surface area contributed by atoms with Crippen LogP contribution in [0, 0.1) is 5.92 Å². The molecule has 25 heavy (non-hydrogen) atoms. The van der Waals surface area contributed by atoms with Crippen molar-refractivity contribution >= 4 is 23.8 Å². The molecule has 1 atom stereocenters. The number of ether oxygens (including phenoxy) is 2. The summed E-state index contributed by atoms with van der Waals surface area (Å²) in [4.78, 5) is 24.0. The molecule has 0 aliphatic carbocycles. The average Bonchev–Trinajstić information content (AvgIpc) is 2.58. The minimum Gasteiger partial charge on any atom is -0.464 e. The second-order valence-electron chi connectivity index (χ2n) is 6.76. The fourth-order valence-corrected chi connectivity index (χ4v) is 2.71. The molecule has 1 unspecified atom stereocenters. The van der Waals surface area contributed by atoms with Gasteiger partial charge in [0.1, 0.15) is 6.04 Å². The molecule has 0 saturated carbocycles. The van der Waals surface area contributed by atoms with Crippen LogP contribution in [0.15, 0.2) is 0 Å². The highest BCUT2D eigenvalue weighted by Gasteiger charge is 2.22. The summed E-state index contributed by atoms with van der Waals surface area (Å²) < 4.78 is 10.4. The maximum atomic E-state index is 12.2. The number of esters is 1. The summed E-state index contributed by atoms with van der Waals surface area (Å²) in [5.74, 6) is 0.683. The molecule has 5 nitrogen and oxygen atoms in total. The Morgan fingerprint density at radius 1 is 1.00 bits per heavy atom. The van der Waals surface area contributed by atoms with E-state index in [1.165, 1.54) is 32.1 Å². The SMILES string of the molecule is CCCCCCCCCOC(=O)C(CCSC)NC(=O)OCC(C)C. The first kappa shape index (κ1) is 24.1. The molecule has 0 aliphatic heterocycles. The molecule has 6 heteroatoms. The third-order valence-corrected chi connectivity index (χ3v) is 4.37. The highest BCUT2D eigenvalue weighted by molar-refractivity contribution is 7.98. The van der Waals surface area contributed by atoms with Gasteiger partial charge in [-0.15, -0.1) is 0 Å². The maximum Gasteiger partial charge on any atom is 0.407 e. The van der Waals surface area contributed by atoms with Crippen molar-refractivity contribution in [3.8, 4) is 0 Å². The first-order chi connectivity index (χ1) is 12.0. The first-order valence-electron chi connectivity index (χ1n) is 9.60. The largest absolute Gasteiger partial charge is 0.464 e. The highest BCUT2D eigenvalue weighted by Crippen LogP contribution is 2.08. The number of rotatable bonds is 15. The third kappa shape index (κ3) is 15.1. The number of hydrogen-bond donors (Lipinski definition) is 1. The molecule has 0 saturated heterocycles. The van der Waals surface area contributed by atoms with Gasteiger partial charge in [-0.3, -0.25) is 0 Å². The van der Waals surface area contributed by atoms with E-state index < -0.39 is 12.1 Å². The minimum atomic E-state index is -0.628. The molecule has 0 bridgehead atoms. The zero-order valence-electron chi connectivity index (χ0n) is 16.5. The summed E-state index contributed by atoms with van der Waals surface area (Å²) in [5.41, 5.74) is 0. The van der Waals surface area contributed by atoms with Crippen LogP contribution < -0.4 is 5.32 Å². The summed E-state index contributed by atoms with van der Waals surface area (Å²) in [7, 11) is 0. The molecular formula is C19H37NO4S. The van der Waals surface area contributed by atoms with Crippen LogP contribution in [-0.4, -0.2) is 43.3 Å².